The summed E-state index contributed by atoms with van der Waals surface area (Å²) in [7, 11) is 0. The lowest BCUT2D eigenvalue weighted by molar-refractivity contribution is 0.856. The van der Waals surface area contributed by atoms with Gasteiger partial charge in [0.1, 0.15) is 0 Å². The smallest absolute Gasteiger partial charge is 0.00492 e. The second-order valence-corrected chi connectivity index (χ2v) is 3.06. The van der Waals surface area contributed by atoms with Gasteiger partial charge in [0, 0.05) is 5.92 Å². The maximum absolute atomic E-state index is 3.97. The van der Waals surface area contributed by atoms with E-state index in [1.807, 2.05) is 24.3 Å². The maximum atomic E-state index is 3.97. The Hall–Kier alpha value is -1.56. The summed E-state index contributed by atoms with van der Waals surface area (Å²) in [6.07, 6.45) is 11.1. The van der Waals surface area contributed by atoms with E-state index >= 15 is 0 Å². The normalized spacial score (nSPS) is 12.9. The number of hydrogen-bond donors (Lipinski definition) is 0. The molecule has 0 saturated heterocycles. The maximum Gasteiger partial charge on any atom is 0.00492 e. The van der Waals surface area contributed by atoms with E-state index in [1.54, 1.807) is 12.2 Å². The van der Waals surface area contributed by atoms with E-state index in [-0.39, 0.29) is 5.92 Å². The molecule has 0 rings (SSSR count). The summed E-state index contributed by atoms with van der Waals surface area (Å²) in [5.74, 6) is 0.252. The average molecular weight is 186 g/mol. The molecule has 0 aliphatic rings. The molecule has 0 heterocycles. The van der Waals surface area contributed by atoms with E-state index in [1.165, 1.54) is 0 Å². The molecule has 0 saturated carbocycles. The molecule has 0 bridgehead atoms. The van der Waals surface area contributed by atoms with E-state index in [0.717, 1.165) is 11.1 Å². The molecule has 0 heteroatoms. The molecule has 14 heavy (non-hydrogen) atoms. The molecule has 0 spiro atoms. The highest BCUT2D eigenvalue weighted by Gasteiger charge is 2.04. The zero-order valence-corrected chi connectivity index (χ0v) is 8.87. The zero-order valence-electron chi connectivity index (χ0n) is 8.87. The van der Waals surface area contributed by atoms with Gasteiger partial charge in [-0.2, -0.15) is 0 Å². The van der Waals surface area contributed by atoms with Gasteiger partial charge >= 0.3 is 0 Å². The summed E-state index contributed by atoms with van der Waals surface area (Å²) in [5.41, 5.74) is 2.06. The van der Waals surface area contributed by atoms with E-state index < -0.39 is 0 Å². The number of allylic oxidation sites excluding steroid dienone is 8. The molecular weight excluding hydrogens is 168 g/mol. The van der Waals surface area contributed by atoms with Crippen molar-refractivity contribution in [1.82, 2.24) is 0 Å². The Morgan fingerprint density at radius 2 is 1.29 bits per heavy atom. The van der Waals surface area contributed by atoms with E-state index in [2.05, 4.69) is 33.2 Å². The van der Waals surface area contributed by atoms with Gasteiger partial charge in [-0.1, -0.05) is 69.7 Å². The van der Waals surface area contributed by atoms with Gasteiger partial charge < -0.3 is 0 Å². The van der Waals surface area contributed by atoms with Crippen LogP contribution >= 0.6 is 0 Å². The fourth-order valence-corrected chi connectivity index (χ4v) is 0.910. The van der Waals surface area contributed by atoms with Gasteiger partial charge in [-0.05, 0) is 11.1 Å². The van der Waals surface area contributed by atoms with Crippen LogP contribution < -0.4 is 0 Å². The van der Waals surface area contributed by atoms with Crippen molar-refractivity contribution >= 4 is 0 Å². The SMILES string of the molecule is C=CC=CC(=C)C(C)C(=C)C=CC=C. The minimum Gasteiger partial charge on any atom is -0.0991 e. The van der Waals surface area contributed by atoms with Crippen molar-refractivity contribution in [2.45, 2.75) is 6.92 Å². The summed E-state index contributed by atoms with van der Waals surface area (Å²) < 4.78 is 0. The summed E-state index contributed by atoms with van der Waals surface area (Å²) in [5, 5.41) is 0. The standard InChI is InChI=1S/C14H18/c1-6-8-10-12(3)14(5)13(4)11-9-7-2/h6-11,14H,1-4H2,5H3. The van der Waals surface area contributed by atoms with Gasteiger partial charge in [0.15, 0.2) is 0 Å². The molecule has 0 aromatic rings. The molecular formula is C14H18. The highest BCUT2D eigenvalue weighted by atomic mass is 14.1. The van der Waals surface area contributed by atoms with Gasteiger partial charge in [0.2, 0.25) is 0 Å². The summed E-state index contributed by atoms with van der Waals surface area (Å²) in [6, 6.07) is 0. The summed E-state index contributed by atoms with van der Waals surface area (Å²) in [4.78, 5) is 0. The van der Waals surface area contributed by atoms with Crippen LogP contribution in [-0.2, 0) is 0 Å². The predicted molar refractivity (Wildman–Crippen MR) is 66.1 cm³/mol. The van der Waals surface area contributed by atoms with E-state index in [4.69, 9.17) is 0 Å². The van der Waals surface area contributed by atoms with Gasteiger partial charge in [-0.15, -0.1) is 0 Å². The first-order valence-electron chi connectivity index (χ1n) is 4.59. The Balaban J connectivity index is 4.38. The Labute approximate surface area is 87.3 Å². The molecule has 0 atom stereocenters. The Morgan fingerprint density at radius 3 is 1.57 bits per heavy atom. The monoisotopic (exact) mass is 186 g/mol. The lowest BCUT2D eigenvalue weighted by Crippen LogP contribution is -1.97. The van der Waals surface area contributed by atoms with Crippen LogP contribution in [0.5, 0.6) is 0 Å². The molecule has 0 aromatic carbocycles. The molecule has 0 aliphatic heterocycles. The number of rotatable bonds is 6. The van der Waals surface area contributed by atoms with E-state index in [9.17, 15) is 0 Å². The third-order valence-corrected chi connectivity index (χ3v) is 2.01. The third kappa shape index (κ3) is 4.46. The first-order valence-corrected chi connectivity index (χ1v) is 4.59. The van der Waals surface area contributed by atoms with E-state index in [0.29, 0.717) is 0 Å². The minimum atomic E-state index is 0.252. The van der Waals surface area contributed by atoms with Crippen LogP contribution in [0.25, 0.3) is 0 Å². The van der Waals surface area contributed by atoms with Gasteiger partial charge in [0.25, 0.3) is 0 Å². The van der Waals surface area contributed by atoms with Crippen LogP contribution in [0.1, 0.15) is 6.92 Å². The zero-order chi connectivity index (χ0) is 11.0. The van der Waals surface area contributed by atoms with Crippen LogP contribution in [0, 0.1) is 5.92 Å². The van der Waals surface area contributed by atoms with Crippen LogP contribution in [0.2, 0.25) is 0 Å². The minimum absolute atomic E-state index is 0.252. The molecule has 0 radical (unpaired) electrons. The summed E-state index contributed by atoms with van der Waals surface area (Å²) >= 11 is 0. The number of hydrogen-bond acceptors (Lipinski definition) is 0. The Kier molecular flexibility index (Phi) is 6.13. The fourth-order valence-electron chi connectivity index (χ4n) is 0.910. The fraction of sp³-hybridized carbons (Fsp3) is 0.143. The van der Waals surface area contributed by atoms with Crippen molar-refractivity contribution < 1.29 is 0 Å². The molecule has 74 valence electrons. The van der Waals surface area contributed by atoms with Crippen molar-refractivity contribution in [2.75, 3.05) is 0 Å². The first-order chi connectivity index (χ1) is 6.63. The molecule has 0 fully saturated rings. The Morgan fingerprint density at radius 1 is 0.929 bits per heavy atom. The third-order valence-electron chi connectivity index (χ3n) is 2.01. The van der Waals surface area contributed by atoms with Crippen molar-refractivity contribution in [1.29, 1.82) is 0 Å². The first kappa shape index (κ1) is 12.4. The van der Waals surface area contributed by atoms with Gasteiger partial charge in [-0.3, -0.25) is 0 Å². The van der Waals surface area contributed by atoms with Crippen molar-refractivity contribution in [2.24, 2.45) is 5.92 Å². The largest absolute Gasteiger partial charge is 0.0991 e. The van der Waals surface area contributed by atoms with Crippen molar-refractivity contribution in [3.05, 3.63) is 73.9 Å². The Bertz CT molecular complexity index is 257. The second kappa shape index (κ2) is 6.90. The van der Waals surface area contributed by atoms with Crippen molar-refractivity contribution in [3.8, 4) is 0 Å². The molecule has 0 amide bonds. The summed E-state index contributed by atoms with van der Waals surface area (Å²) in [6.45, 7) is 17.2. The lowest BCUT2D eigenvalue weighted by atomic mass is 9.94. The molecule has 0 unspecified atom stereocenters. The van der Waals surface area contributed by atoms with Crippen LogP contribution in [0.3, 0.4) is 0 Å². The van der Waals surface area contributed by atoms with Crippen LogP contribution in [0.4, 0.5) is 0 Å². The predicted octanol–water partition coefficient (Wildman–Crippen LogP) is 4.22. The topological polar surface area (TPSA) is 0 Å². The van der Waals surface area contributed by atoms with Crippen LogP contribution in [0.15, 0.2) is 73.9 Å². The second-order valence-electron chi connectivity index (χ2n) is 3.06. The highest BCUT2D eigenvalue weighted by molar-refractivity contribution is 5.32. The van der Waals surface area contributed by atoms with Gasteiger partial charge in [-0.25, -0.2) is 0 Å². The molecule has 0 nitrogen and oxygen atoms in total. The van der Waals surface area contributed by atoms with Gasteiger partial charge in [0.05, 0.1) is 0 Å². The average Bonchev–Trinajstić information content (AvgIpc) is 2.21. The van der Waals surface area contributed by atoms with Crippen molar-refractivity contribution in [3.63, 3.8) is 0 Å². The molecule has 0 N–H and O–H groups in total. The highest BCUT2D eigenvalue weighted by Crippen LogP contribution is 2.19. The molecule has 0 aromatic heterocycles. The quantitative estimate of drug-likeness (QED) is 0.545. The molecule has 0 aliphatic carbocycles. The lowest BCUT2D eigenvalue weighted by Gasteiger charge is -2.11. The van der Waals surface area contributed by atoms with Crippen LogP contribution in [-0.4, -0.2) is 0 Å².